The van der Waals surface area contributed by atoms with Gasteiger partial charge in [-0.1, -0.05) is 13.3 Å². The summed E-state index contributed by atoms with van der Waals surface area (Å²) in [6.07, 6.45) is 3.57. The molecule has 1 aliphatic rings. The smallest absolute Gasteiger partial charge is 0.267 e. The van der Waals surface area contributed by atoms with Crippen molar-refractivity contribution in [3.63, 3.8) is 0 Å². The Labute approximate surface area is 97.8 Å². The first-order valence-electron chi connectivity index (χ1n) is 5.10. The van der Waals surface area contributed by atoms with Gasteiger partial charge in [0.25, 0.3) is 11.8 Å². The maximum atomic E-state index is 11.4. The van der Waals surface area contributed by atoms with E-state index < -0.39 is 0 Å². The Kier molecular flexibility index (Phi) is 4.98. The number of carbonyl (C=O) groups excluding carboxylic acids is 2. The summed E-state index contributed by atoms with van der Waals surface area (Å²) in [6, 6.07) is 0. The highest BCUT2D eigenvalue weighted by Gasteiger charge is 2.28. The van der Waals surface area contributed by atoms with Crippen molar-refractivity contribution < 1.29 is 9.59 Å². The van der Waals surface area contributed by atoms with Crippen molar-refractivity contribution >= 4 is 27.7 Å². The predicted octanol–water partition coefficient (Wildman–Crippen LogP) is 1.02. The zero-order valence-corrected chi connectivity index (χ0v) is 10.3. The van der Waals surface area contributed by atoms with Gasteiger partial charge in [0.05, 0.1) is 4.48 Å². The Bertz CT molecular complexity index is 289. The highest BCUT2D eigenvalue weighted by Crippen LogP contribution is 2.17. The van der Waals surface area contributed by atoms with Gasteiger partial charge in [-0.2, -0.15) is 0 Å². The molecule has 1 N–H and O–H groups in total. The minimum absolute atomic E-state index is 0.232. The third kappa shape index (κ3) is 3.43. The minimum atomic E-state index is -0.239. The number of imide groups is 1. The molecule has 1 heterocycles. The fraction of sp³-hybridized carbons (Fsp3) is 0.600. The molecule has 5 heteroatoms. The van der Waals surface area contributed by atoms with Gasteiger partial charge in [-0.25, -0.2) is 0 Å². The SMILES string of the molecule is CCCCNCCN1C(=O)C=C(Br)C1=O. The van der Waals surface area contributed by atoms with Gasteiger partial charge in [0.1, 0.15) is 0 Å². The van der Waals surface area contributed by atoms with E-state index in [9.17, 15) is 9.59 Å². The number of halogens is 1. The summed E-state index contributed by atoms with van der Waals surface area (Å²) >= 11 is 3.05. The Morgan fingerprint density at radius 3 is 2.67 bits per heavy atom. The third-order valence-electron chi connectivity index (χ3n) is 2.18. The Hall–Kier alpha value is -0.680. The van der Waals surface area contributed by atoms with Crippen molar-refractivity contribution in [2.75, 3.05) is 19.6 Å². The van der Waals surface area contributed by atoms with Crippen LogP contribution in [0, 0.1) is 0 Å². The summed E-state index contributed by atoms with van der Waals surface area (Å²) in [5, 5.41) is 3.18. The maximum absolute atomic E-state index is 11.4. The number of rotatable bonds is 6. The Morgan fingerprint density at radius 2 is 2.13 bits per heavy atom. The molecular formula is C10H15BrN2O2. The van der Waals surface area contributed by atoms with Crippen LogP contribution < -0.4 is 5.32 Å². The fourth-order valence-corrected chi connectivity index (χ4v) is 1.72. The number of hydrogen-bond donors (Lipinski definition) is 1. The largest absolute Gasteiger partial charge is 0.315 e. The van der Waals surface area contributed by atoms with Crippen LogP contribution in [0.25, 0.3) is 0 Å². The first kappa shape index (κ1) is 12.4. The van der Waals surface area contributed by atoms with Crippen LogP contribution in [0.15, 0.2) is 10.6 Å². The van der Waals surface area contributed by atoms with Crippen LogP contribution >= 0.6 is 15.9 Å². The van der Waals surface area contributed by atoms with E-state index in [-0.39, 0.29) is 11.8 Å². The molecule has 0 saturated carbocycles. The molecule has 15 heavy (non-hydrogen) atoms. The number of hydrogen-bond acceptors (Lipinski definition) is 3. The molecule has 0 aromatic heterocycles. The van der Waals surface area contributed by atoms with E-state index in [1.807, 2.05) is 0 Å². The van der Waals surface area contributed by atoms with Crippen LogP contribution in [0.1, 0.15) is 19.8 Å². The van der Waals surface area contributed by atoms with Gasteiger partial charge in [0, 0.05) is 19.2 Å². The molecule has 1 rings (SSSR count). The molecule has 0 aliphatic carbocycles. The zero-order chi connectivity index (χ0) is 11.3. The third-order valence-corrected chi connectivity index (χ3v) is 2.75. The lowest BCUT2D eigenvalue weighted by molar-refractivity contribution is -0.136. The first-order valence-corrected chi connectivity index (χ1v) is 5.90. The summed E-state index contributed by atoms with van der Waals surface area (Å²) in [4.78, 5) is 23.9. The Morgan fingerprint density at radius 1 is 1.40 bits per heavy atom. The second-order valence-electron chi connectivity index (χ2n) is 3.39. The van der Waals surface area contributed by atoms with Gasteiger partial charge in [-0.05, 0) is 28.9 Å². The van der Waals surface area contributed by atoms with Crippen LogP contribution in [0.5, 0.6) is 0 Å². The second kappa shape index (κ2) is 6.02. The van der Waals surface area contributed by atoms with Gasteiger partial charge in [-0.15, -0.1) is 0 Å². The zero-order valence-electron chi connectivity index (χ0n) is 8.75. The van der Waals surface area contributed by atoms with Crippen LogP contribution in [0.2, 0.25) is 0 Å². The molecule has 0 atom stereocenters. The summed E-state index contributed by atoms with van der Waals surface area (Å²) in [7, 11) is 0. The summed E-state index contributed by atoms with van der Waals surface area (Å²) in [5.74, 6) is -0.471. The molecule has 1 aliphatic heterocycles. The van der Waals surface area contributed by atoms with Crippen molar-refractivity contribution in [1.29, 1.82) is 0 Å². The molecule has 0 radical (unpaired) electrons. The van der Waals surface area contributed by atoms with Crippen molar-refractivity contribution in [3.8, 4) is 0 Å². The predicted molar refractivity (Wildman–Crippen MR) is 61.5 cm³/mol. The highest BCUT2D eigenvalue weighted by atomic mass is 79.9. The van der Waals surface area contributed by atoms with Gasteiger partial charge in [0.15, 0.2) is 0 Å². The monoisotopic (exact) mass is 274 g/mol. The van der Waals surface area contributed by atoms with Crippen LogP contribution in [0.3, 0.4) is 0 Å². The molecule has 0 unspecified atom stereocenters. The summed E-state index contributed by atoms with van der Waals surface area (Å²) < 4.78 is 0.348. The Balaban J connectivity index is 2.23. The molecule has 0 saturated heterocycles. The number of carbonyl (C=O) groups is 2. The molecule has 4 nitrogen and oxygen atoms in total. The van der Waals surface area contributed by atoms with E-state index in [0.29, 0.717) is 17.6 Å². The minimum Gasteiger partial charge on any atom is -0.315 e. The van der Waals surface area contributed by atoms with Gasteiger partial charge in [-0.3, -0.25) is 14.5 Å². The van der Waals surface area contributed by atoms with E-state index in [1.54, 1.807) is 0 Å². The van der Waals surface area contributed by atoms with E-state index in [0.717, 1.165) is 19.4 Å². The van der Waals surface area contributed by atoms with E-state index >= 15 is 0 Å². The lowest BCUT2D eigenvalue weighted by Crippen LogP contribution is -2.37. The standard InChI is InChI=1S/C10H15BrN2O2/c1-2-3-4-12-5-6-13-9(14)7-8(11)10(13)15/h7,12H,2-6H2,1H3. The van der Waals surface area contributed by atoms with Gasteiger partial charge < -0.3 is 5.32 Å². The average molecular weight is 275 g/mol. The molecule has 0 aromatic carbocycles. The molecular weight excluding hydrogens is 260 g/mol. The van der Waals surface area contributed by atoms with Crippen LogP contribution in [-0.4, -0.2) is 36.3 Å². The van der Waals surface area contributed by atoms with Crippen LogP contribution in [-0.2, 0) is 9.59 Å². The van der Waals surface area contributed by atoms with Gasteiger partial charge in [0.2, 0.25) is 0 Å². The quantitative estimate of drug-likeness (QED) is 0.581. The number of nitrogens with one attached hydrogen (secondary N) is 1. The van der Waals surface area contributed by atoms with Crippen molar-refractivity contribution in [1.82, 2.24) is 10.2 Å². The topological polar surface area (TPSA) is 49.4 Å². The van der Waals surface area contributed by atoms with Crippen LogP contribution in [0.4, 0.5) is 0 Å². The number of unbranched alkanes of at least 4 members (excludes halogenated alkanes) is 1. The fourth-order valence-electron chi connectivity index (χ4n) is 1.31. The van der Waals surface area contributed by atoms with E-state index in [1.165, 1.54) is 11.0 Å². The number of amides is 2. The van der Waals surface area contributed by atoms with E-state index in [4.69, 9.17) is 0 Å². The number of nitrogens with zero attached hydrogens (tertiary/aromatic N) is 1. The molecule has 2 amide bonds. The summed E-state index contributed by atoms with van der Waals surface area (Å²) in [5.41, 5.74) is 0. The molecule has 84 valence electrons. The van der Waals surface area contributed by atoms with Crippen molar-refractivity contribution in [2.45, 2.75) is 19.8 Å². The second-order valence-corrected chi connectivity index (χ2v) is 4.25. The molecule has 0 aromatic rings. The lowest BCUT2D eigenvalue weighted by Gasteiger charge is -2.14. The highest BCUT2D eigenvalue weighted by molar-refractivity contribution is 9.12. The van der Waals surface area contributed by atoms with Crippen molar-refractivity contribution in [2.24, 2.45) is 0 Å². The molecule has 0 bridgehead atoms. The maximum Gasteiger partial charge on any atom is 0.267 e. The lowest BCUT2D eigenvalue weighted by atomic mass is 10.3. The van der Waals surface area contributed by atoms with Crippen molar-refractivity contribution in [3.05, 3.63) is 10.6 Å². The summed E-state index contributed by atoms with van der Waals surface area (Å²) in [6.45, 7) is 4.15. The molecule has 0 spiro atoms. The van der Waals surface area contributed by atoms with Gasteiger partial charge >= 0.3 is 0 Å². The van der Waals surface area contributed by atoms with E-state index in [2.05, 4.69) is 28.2 Å². The normalized spacial score (nSPS) is 16.1. The first-order chi connectivity index (χ1) is 7.16. The molecule has 0 fully saturated rings. The average Bonchev–Trinajstić information content (AvgIpc) is 2.44.